The summed E-state index contributed by atoms with van der Waals surface area (Å²) in [5, 5.41) is 22.4. The van der Waals surface area contributed by atoms with Crippen LogP contribution in [0.15, 0.2) is 71.9 Å². The van der Waals surface area contributed by atoms with E-state index < -0.39 is 18.0 Å². The number of aliphatic hydroxyl groups is 1. The molecule has 3 aliphatic rings. The van der Waals surface area contributed by atoms with Gasteiger partial charge in [0.25, 0.3) is 0 Å². The van der Waals surface area contributed by atoms with Crippen LogP contribution >= 0.6 is 24.0 Å². The van der Waals surface area contributed by atoms with E-state index in [0.29, 0.717) is 18.8 Å². The quantitative estimate of drug-likeness (QED) is 0.285. The largest absolute Gasteiger partial charge is 1.00 e. The number of hydrogen-bond acceptors (Lipinski definition) is 6. The molecule has 5 atom stereocenters. The molecule has 2 heterocycles. The van der Waals surface area contributed by atoms with Crippen molar-refractivity contribution in [3.8, 4) is 0 Å². The minimum absolute atomic E-state index is 0. The summed E-state index contributed by atoms with van der Waals surface area (Å²) in [6, 6.07) is 20.2. The minimum atomic E-state index is -1.30. The topological polar surface area (TPSA) is 83.9 Å². The molecule has 0 aromatic heterocycles. The fourth-order valence-electron chi connectivity index (χ4n) is 6.22. The molecule has 2 fully saturated rings. The van der Waals surface area contributed by atoms with Crippen LogP contribution in [0.1, 0.15) is 37.3 Å². The molecule has 1 amide bonds. The van der Waals surface area contributed by atoms with E-state index in [4.69, 9.17) is 12.2 Å². The number of thiocarbonyl (C=S) groups is 1. The monoisotopic (exact) mass is 558 g/mol. The summed E-state index contributed by atoms with van der Waals surface area (Å²) < 4.78 is 0.768. The van der Waals surface area contributed by atoms with Crippen LogP contribution in [0.5, 0.6) is 0 Å². The number of fused-ring (bicyclic) bond motifs is 3. The first kappa shape index (κ1) is 29.3. The molecular formula is C29H31N2NaO4S2. The number of benzene rings is 2. The van der Waals surface area contributed by atoms with E-state index in [1.807, 2.05) is 36.4 Å². The average Bonchev–Trinajstić information content (AvgIpc) is 3.19. The van der Waals surface area contributed by atoms with Gasteiger partial charge in [-0.2, -0.15) is 0 Å². The first-order chi connectivity index (χ1) is 17.9. The number of hydrogen-bond donors (Lipinski definition) is 1. The summed E-state index contributed by atoms with van der Waals surface area (Å²) >= 11 is 7.50. The van der Waals surface area contributed by atoms with Crippen LogP contribution in [0.25, 0.3) is 0 Å². The first-order valence-electron chi connectivity index (χ1n) is 12.8. The molecule has 2 aliphatic heterocycles. The van der Waals surface area contributed by atoms with Gasteiger partial charge in [0.05, 0.1) is 29.7 Å². The Hall–Kier alpha value is -1.68. The molecule has 194 valence electrons. The minimum Gasteiger partial charge on any atom is -0.543 e. The Labute approximate surface area is 255 Å². The van der Waals surface area contributed by atoms with Gasteiger partial charge in [0, 0.05) is 24.8 Å². The Morgan fingerprint density at radius 2 is 1.68 bits per heavy atom. The van der Waals surface area contributed by atoms with Crippen molar-refractivity contribution < 1.29 is 49.4 Å². The number of carbonyl (C=O) groups excluding carboxylic acids is 2. The van der Waals surface area contributed by atoms with E-state index in [-0.39, 0.29) is 59.0 Å². The van der Waals surface area contributed by atoms with Crippen molar-refractivity contribution in [2.75, 3.05) is 5.75 Å². The van der Waals surface area contributed by atoms with Crippen molar-refractivity contribution in [2.24, 2.45) is 17.8 Å². The smallest absolute Gasteiger partial charge is 0.543 e. The zero-order valence-electron chi connectivity index (χ0n) is 21.8. The van der Waals surface area contributed by atoms with Gasteiger partial charge in [-0.25, -0.2) is 0 Å². The van der Waals surface area contributed by atoms with Gasteiger partial charge < -0.3 is 24.8 Å². The van der Waals surface area contributed by atoms with Crippen LogP contribution in [0.4, 0.5) is 0 Å². The van der Waals surface area contributed by atoms with E-state index in [1.54, 1.807) is 18.7 Å². The predicted octanol–water partition coefficient (Wildman–Crippen LogP) is 0.353. The Morgan fingerprint density at radius 3 is 2.21 bits per heavy atom. The van der Waals surface area contributed by atoms with Crippen LogP contribution < -0.4 is 34.7 Å². The van der Waals surface area contributed by atoms with Gasteiger partial charge in [0.15, 0.2) is 0 Å². The Morgan fingerprint density at radius 1 is 1.11 bits per heavy atom. The Kier molecular flexibility index (Phi) is 9.77. The number of nitrogens with zero attached hydrogens (tertiary/aromatic N) is 2. The molecule has 1 saturated heterocycles. The first-order valence-corrected chi connectivity index (χ1v) is 14.2. The molecule has 38 heavy (non-hydrogen) atoms. The number of carbonyl (C=O) groups is 2. The fraction of sp³-hybridized carbons (Fsp3) is 0.414. The van der Waals surface area contributed by atoms with Crippen LogP contribution in [-0.2, 0) is 22.7 Å². The average molecular weight is 559 g/mol. The third kappa shape index (κ3) is 5.76. The molecule has 0 spiro atoms. The van der Waals surface area contributed by atoms with Gasteiger partial charge >= 0.3 is 29.6 Å². The van der Waals surface area contributed by atoms with Gasteiger partial charge in [-0.1, -0.05) is 91.1 Å². The van der Waals surface area contributed by atoms with Crippen molar-refractivity contribution in [3.05, 3.63) is 83.1 Å². The van der Waals surface area contributed by atoms with Crippen molar-refractivity contribution in [2.45, 2.75) is 51.4 Å². The third-order valence-corrected chi connectivity index (χ3v) is 9.52. The number of aliphatic carboxylic acids is 1. The number of aliphatic hydroxyl groups excluding tert-OH is 1. The van der Waals surface area contributed by atoms with E-state index in [2.05, 4.69) is 29.2 Å². The summed E-state index contributed by atoms with van der Waals surface area (Å²) in [5.74, 6) is -1.54. The molecule has 5 rings (SSSR count). The zero-order chi connectivity index (χ0) is 26.1. The summed E-state index contributed by atoms with van der Waals surface area (Å²) in [7, 11) is 0. The van der Waals surface area contributed by atoms with Crippen molar-refractivity contribution >= 4 is 40.2 Å². The SMILES string of the molecule is C[C@@H](O)[C@H]1C(=O)N2C(C(=O)[O-])=C3[C@@H](CSC(=S)N(Cc4ccccc4)Cc4ccccc4)CCC[C@@H]3[C@H]12.[Na+]. The third-order valence-electron chi connectivity index (χ3n) is 7.83. The molecule has 0 bridgehead atoms. The second-order valence-electron chi connectivity index (χ2n) is 10.2. The normalized spacial score (nSPS) is 24.6. The number of β-lactam (4-membered cyclic amide) rings is 1. The van der Waals surface area contributed by atoms with Gasteiger partial charge in [0.1, 0.15) is 4.32 Å². The van der Waals surface area contributed by atoms with Crippen molar-refractivity contribution in [1.29, 1.82) is 0 Å². The number of thioether (sulfide) groups is 1. The fourth-order valence-corrected chi connectivity index (χ4v) is 7.55. The van der Waals surface area contributed by atoms with Crippen LogP contribution in [-0.4, -0.2) is 49.0 Å². The van der Waals surface area contributed by atoms with Gasteiger partial charge in [-0.3, -0.25) is 4.79 Å². The molecule has 2 aromatic carbocycles. The molecule has 1 N–H and O–H groups in total. The van der Waals surface area contributed by atoms with Gasteiger partial charge in [-0.05, 0) is 42.4 Å². The van der Waals surface area contributed by atoms with E-state index >= 15 is 0 Å². The summed E-state index contributed by atoms with van der Waals surface area (Å²) in [6.45, 7) is 2.98. The molecule has 1 aliphatic carbocycles. The van der Waals surface area contributed by atoms with E-state index in [0.717, 1.165) is 29.2 Å². The van der Waals surface area contributed by atoms with Gasteiger partial charge in [0.2, 0.25) is 5.91 Å². The van der Waals surface area contributed by atoms with Crippen molar-refractivity contribution in [3.63, 3.8) is 0 Å². The molecule has 0 unspecified atom stereocenters. The van der Waals surface area contributed by atoms with Crippen LogP contribution in [0.3, 0.4) is 0 Å². The second-order valence-corrected chi connectivity index (χ2v) is 11.8. The number of carboxylic acids is 1. The summed E-state index contributed by atoms with van der Waals surface area (Å²) in [4.78, 5) is 28.5. The molecule has 6 nitrogen and oxygen atoms in total. The molecular weight excluding hydrogens is 527 g/mol. The Bertz CT molecular complexity index is 1170. The second kappa shape index (κ2) is 12.7. The number of rotatable bonds is 8. The number of carboxylic acid groups (broad SMARTS) is 1. The maximum absolute atomic E-state index is 12.8. The zero-order valence-corrected chi connectivity index (χ0v) is 25.4. The van der Waals surface area contributed by atoms with Crippen LogP contribution in [0.2, 0.25) is 0 Å². The van der Waals surface area contributed by atoms with Crippen LogP contribution in [0, 0.1) is 17.8 Å². The maximum Gasteiger partial charge on any atom is 1.00 e. The molecule has 1 saturated carbocycles. The van der Waals surface area contributed by atoms with Crippen molar-refractivity contribution in [1.82, 2.24) is 9.80 Å². The Balaban J connectivity index is 0.00000336. The molecule has 9 heteroatoms. The standard InChI is InChI=1S/C29H32N2O4S2.Na/c1-18(32)23-25-22-14-8-13-21(24(22)26(28(34)35)31(25)27(23)33)17-37-29(36)30(15-19-9-4-2-5-10-19)16-20-11-6-3-7-12-20;/h2-7,9-12,18,21-23,25,32H,8,13-17H2,1H3,(H,34,35);/q;+1/p-1/t18-,21-,22+,23-,25-;/m1./s1. The molecule has 0 radical (unpaired) electrons. The summed E-state index contributed by atoms with van der Waals surface area (Å²) in [5.41, 5.74) is 3.20. The van der Waals surface area contributed by atoms with E-state index in [9.17, 15) is 19.8 Å². The van der Waals surface area contributed by atoms with E-state index in [1.165, 1.54) is 16.0 Å². The molecule has 2 aromatic rings. The predicted molar refractivity (Wildman–Crippen MR) is 146 cm³/mol. The van der Waals surface area contributed by atoms with Gasteiger partial charge in [-0.15, -0.1) is 0 Å². The maximum atomic E-state index is 12.8. The number of amides is 1. The summed E-state index contributed by atoms with van der Waals surface area (Å²) in [6.07, 6.45) is 1.82.